The lowest BCUT2D eigenvalue weighted by Gasteiger charge is -2.28. The van der Waals surface area contributed by atoms with Gasteiger partial charge in [-0.25, -0.2) is 0 Å². The molecular formula is C11H20O2. The number of Topliss-reactive ketones (excluding diaryl/α,β-unsaturated/α-hetero) is 1. The maximum Gasteiger partial charge on any atom is 0.141 e. The van der Waals surface area contributed by atoms with E-state index in [2.05, 4.69) is 0 Å². The molecular weight excluding hydrogens is 164 g/mol. The van der Waals surface area contributed by atoms with E-state index in [-0.39, 0.29) is 23.7 Å². The zero-order chi connectivity index (χ0) is 9.84. The van der Waals surface area contributed by atoms with Crippen LogP contribution >= 0.6 is 0 Å². The molecule has 1 N–H and O–H groups in total. The van der Waals surface area contributed by atoms with E-state index in [4.69, 9.17) is 0 Å². The normalized spacial score (nSPS) is 31.3. The Morgan fingerprint density at radius 1 is 1.46 bits per heavy atom. The minimum atomic E-state index is -0.366. The summed E-state index contributed by atoms with van der Waals surface area (Å²) in [5.74, 6) is 0.330. The van der Waals surface area contributed by atoms with E-state index >= 15 is 0 Å². The minimum Gasteiger partial charge on any atom is -0.392 e. The van der Waals surface area contributed by atoms with E-state index in [1.165, 1.54) is 0 Å². The molecule has 2 nitrogen and oxygen atoms in total. The van der Waals surface area contributed by atoms with Crippen LogP contribution in [0.5, 0.6) is 0 Å². The summed E-state index contributed by atoms with van der Waals surface area (Å²) in [7, 11) is 0. The van der Waals surface area contributed by atoms with Gasteiger partial charge in [0.1, 0.15) is 5.78 Å². The molecule has 1 saturated carbocycles. The molecule has 0 aromatic carbocycles. The van der Waals surface area contributed by atoms with Gasteiger partial charge < -0.3 is 5.11 Å². The number of rotatable bonds is 3. The lowest BCUT2D eigenvalue weighted by Crippen LogP contribution is -2.34. The molecule has 0 heterocycles. The van der Waals surface area contributed by atoms with Crippen LogP contribution in [0.15, 0.2) is 0 Å². The second kappa shape index (κ2) is 4.75. The summed E-state index contributed by atoms with van der Waals surface area (Å²) < 4.78 is 0. The fourth-order valence-corrected chi connectivity index (χ4v) is 2.01. The first kappa shape index (κ1) is 10.7. The Kier molecular flexibility index (Phi) is 3.91. The van der Waals surface area contributed by atoms with Crippen LogP contribution in [-0.2, 0) is 4.79 Å². The van der Waals surface area contributed by atoms with Crippen LogP contribution in [0.3, 0.4) is 0 Å². The lowest BCUT2D eigenvalue weighted by molar-refractivity contribution is -0.131. The van der Waals surface area contributed by atoms with Gasteiger partial charge >= 0.3 is 0 Å². The van der Waals surface area contributed by atoms with Crippen LogP contribution in [0, 0.1) is 11.8 Å². The Bertz CT molecular complexity index is 177. The number of ketones is 1. The van der Waals surface area contributed by atoms with Crippen molar-refractivity contribution in [2.45, 2.75) is 52.1 Å². The molecule has 2 heteroatoms. The highest BCUT2D eigenvalue weighted by Gasteiger charge is 2.31. The van der Waals surface area contributed by atoms with Crippen molar-refractivity contribution >= 4 is 5.78 Å². The molecule has 1 fully saturated rings. The van der Waals surface area contributed by atoms with Crippen molar-refractivity contribution in [2.75, 3.05) is 0 Å². The number of hydrogen-bond acceptors (Lipinski definition) is 2. The third-order valence-corrected chi connectivity index (χ3v) is 3.19. The van der Waals surface area contributed by atoms with Gasteiger partial charge in [0.2, 0.25) is 0 Å². The molecule has 0 spiro atoms. The summed E-state index contributed by atoms with van der Waals surface area (Å²) in [5.41, 5.74) is 0. The summed E-state index contributed by atoms with van der Waals surface area (Å²) in [6.45, 7) is 3.99. The smallest absolute Gasteiger partial charge is 0.141 e. The Morgan fingerprint density at radius 3 is 2.62 bits per heavy atom. The van der Waals surface area contributed by atoms with Crippen LogP contribution in [0.2, 0.25) is 0 Å². The second-order valence-electron chi connectivity index (χ2n) is 4.17. The van der Waals surface area contributed by atoms with Gasteiger partial charge in [0.25, 0.3) is 0 Å². The molecule has 3 unspecified atom stereocenters. The number of carbonyl (C=O) groups is 1. The molecule has 1 aliphatic carbocycles. The highest BCUT2D eigenvalue weighted by atomic mass is 16.3. The summed E-state index contributed by atoms with van der Waals surface area (Å²) in [5, 5.41) is 9.66. The third kappa shape index (κ3) is 2.53. The number of hydrogen-bond donors (Lipinski definition) is 1. The summed E-state index contributed by atoms with van der Waals surface area (Å²) in [6, 6.07) is 0. The highest BCUT2D eigenvalue weighted by Crippen LogP contribution is 2.27. The van der Waals surface area contributed by atoms with Crippen LogP contribution < -0.4 is 0 Å². The predicted molar refractivity (Wildman–Crippen MR) is 52.4 cm³/mol. The second-order valence-corrected chi connectivity index (χ2v) is 4.17. The molecule has 0 aromatic rings. The SMILES string of the molecule is CCC(C)C(=O)C1CCCCC1O. The maximum atomic E-state index is 11.8. The molecule has 0 aromatic heterocycles. The third-order valence-electron chi connectivity index (χ3n) is 3.19. The predicted octanol–water partition coefficient (Wildman–Crippen LogP) is 2.15. The molecule has 0 saturated heterocycles. The van der Waals surface area contributed by atoms with Gasteiger partial charge in [-0.3, -0.25) is 4.79 Å². The lowest BCUT2D eigenvalue weighted by atomic mass is 9.79. The molecule has 76 valence electrons. The van der Waals surface area contributed by atoms with Crippen LogP contribution in [0.4, 0.5) is 0 Å². The number of aliphatic hydroxyl groups is 1. The number of carbonyl (C=O) groups excluding carboxylic acids is 1. The van der Waals surface area contributed by atoms with Crippen LogP contribution in [-0.4, -0.2) is 17.0 Å². The van der Waals surface area contributed by atoms with Crippen molar-refractivity contribution in [1.29, 1.82) is 0 Å². The van der Waals surface area contributed by atoms with Gasteiger partial charge in [-0.15, -0.1) is 0 Å². The zero-order valence-corrected chi connectivity index (χ0v) is 8.62. The summed E-state index contributed by atoms with van der Waals surface area (Å²) >= 11 is 0. The molecule has 1 aliphatic rings. The molecule has 3 atom stereocenters. The zero-order valence-electron chi connectivity index (χ0n) is 8.62. The average Bonchev–Trinajstić information content (AvgIpc) is 2.16. The Labute approximate surface area is 80.3 Å². The minimum absolute atomic E-state index is 0.0660. The van der Waals surface area contributed by atoms with Crippen LogP contribution in [0.25, 0.3) is 0 Å². The topological polar surface area (TPSA) is 37.3 Å². The molecule has 1 rings (SSSR count). The van der Waals surface area contributed by atoms with Crippen molar-refractivity contribution in [3.05, 3.63) is 0 Å². The molecule has 0 radical (unpaired) electrons. The standard InChI is InChI=1S/C11H20O2/c1-3-8(2)11(13)9-6-4-5-7-10(9)12/h8-10,12H,3-7H2,1-2H3. The summed E-state index contributed by atoms with van der Waals surface area (Å²) in [6.07, 6.45) is 4.41. The largest absolute Gasteiger partial charge is 0.392 e. The fraction of sp³-hybridized carbons (Fsp3) is 0.909. The van der Waals surface area contributed by atoms with E-state index < -0.39 is 0 Å². The molecule has 13 heavy (non-hydrogen) atoms. The first-order valence-corrected chi connectivity index (χ1v) is 5.38. The molecule has 0 aliphatic heterocycles. The van der Waals surface area contributed by atoms with Crippen molar-refractivity contribution in [2.24, 2.45) is 11.8 Å². The highest BCUT2D eigenvalue weighted by molar-refractivity contribution is 5.83. The van der Waals surface area contributed by atoms with Gasteiger partial charge in [-0.1, -0.05) is 26.7 Å². The van der Waals surface area contributed by atoms with E-state index in [0.717, 1.165) is 32.1 Å². The van der Waals surface area contributed by atoms with Gasteiger partial charge in [0.05, 0.1) is 6.10 Å². The van der Waals surface area contributed by atoms with E-state index in [9.17, 15) is 9.90 Å². The van der Waals surface area contributed by atoms with Gasteiger partial charge in [-0.2, -0.15) is 0 Å². The first-order valence-electron chi connectivity index (χ1n) is 5.38. The van der Waals surface area contributed by atoms with Crippen molar-refractivity contribution in [3.63, 3.8) is 0 Å². The van der Waals surface area contributed by atoms with Crippen LogP contribution in [0.1, 0.15) is 46.0 Å². The van der Waals surface area contributed by atoms with Crippen molar-refractivity contribution in [3.8, 4) is 0 Å². The maximum absolute atomic E-state index is 11.8. The van der Waals surface area contributed by atoms with Gasteiger partial charge in [-0.05, 0) is 19.3 Å². The average molecular weight is 184 g/mol. The molecule has 0 amide bonds. The first-order chi connectivity index (χ1) is 6.16. The van der Waals surface area contributed by atoms with Crippen molar-refractivity contribution < 1.29 is 9.90 Å². The van der Waals surface area contributed by atoms with E-state index in [1.807, 2.05) is 13.8 Å². The van der Waals surface area contributed by atoms with E-state index in [0.29, 0.717) is 0 Å². The Hall–Kier alpha value is -0.370. The fourth-order valence-electron chi connectivity index (χ4n) is 2.01. The molecule has 0 bridgehead atoms. The van der Waals surface area contributed by atoms with E-state index in [1.54, 1.807) is 0 Å². The Morgan fingerprint density at radius 2 is 2.08 bits per heavy atom. The van der Waals surface area contributed by atoms with Gasteiger partial charge in [0.15, 0.2) is 0 Å². The Balaban J connectivity index is 2.53. The number of aliphatic hydroxyl groups excluding tert-OH is 1. The van der Waals surface area contributed by atoms with Gasteiger partial charge in [0, 0.05) is 11.8 Å². The monoisotopic (exact) mass is 184 g/mol. The van der Waals surface area contributed by atoms with Crippen molar-refractivity contribution in [1.82, 2.24) is 0 Å². The summed E-state index contributed by atoms with van der Waals surface area (Å²) in [4.78, 5) is 11.8. The quantitative estimate of drug-likeness (QED) is 0.729.